The number of aromatic carboxylic acids is 1. The lowest BCUT2D eigenvalue weighted by Crippen LogP contribution is -2.10. The molecule has 1 aromatic heterocycles. The number of para-hydroxylation sites is 1. The van der Waals surface area contributed by atoms with Crippen molar-refractivity contribution in [3.63, 3.8) is 0 Å². The standard InChI is InChI=1S/C13H14N2O3/c1-2-8-15-12(13(16)17)11(9-14-15)18-10-6-4-3-5-7-10/h3-7,9H,2,8H2,1H3,(H,16,17). The molecule has 0 amide bonds. The van der Waals surface area contributed by atoms with Gasteiger partial charge in [-0.25, -0.2) is 4.79 Å². The number of benzene rings is 1. The number of carbonyl (C=O) groups is 1. The number of nitrogens with zero attached hydrogens (tertiary/aromatic N) is 2. The van der Waals surface area contributed by atoms with Gasteiger partial charge in [0.15, 0.2) is 11.4 Å². The lowest BCUT2D eigenvalue weighted by molar-refractivity contribution is 0.0680. The van der Waals surface area contributed by atoms with Crippen molar-refractivity contribution in [2.75, 3.05) is 0 Å². The zero-order chi connectivity index (χ0) is 13.0. The molecule has 94 valence electrons. The third-order valence-corrected chi connectivity index (χ3v) is 2.41. The van der Waals surface area contributed by atoms with Gasteiger partial charge in [-0.2, -0.15) is 5.10 Å². The molecule has 0 saturated carbocycles. The van der Waals surface area contributed by atoms with Gasteiger partial charge in [0.05, 0.1) is 6.20 Å². The van der Waals surface area contributed by atoms with Crippen molar-refractivity contribution < 1.29 is 14.6 Å². The van der Waals surface area contributed by atoms with E-state index < -0.39 is 5.97 Å². The largest absolute Gasteiger partial charge is 0.476 e. The van der Waals surface area contributed by atoms with Crippen molar-refractivity contribution in [1.82, 2.24) is 9.78 Å². The molecule has 0 radical (unpaired) electrons. The summed E-state index contributed by atoms with van der Waals surface area (Å²) in [5, 5.41) is 13.2. The summed E-state index contributed by atoms with van der Waals surface area (Å²) in [7, 11) is 0. The Kier molecular flexibility index (Phi) is 3.62. The SMILES string of the molecule is CCCn1ncc(Oc2ccccc2)c1C(=O)O. The van der Waals surface area contributed by atoms with E-state index in [-0.39, 0.29) is 11.4 Å². The lowest BCUT2D eigenvalue weighted by atomic mass is 10.3. The van der Waals surface area contributed by atoms with Gasteiger partial charge in [0.25, 0.3) is 0 Å². The summed E-state index contributed by atoms with van der Waals surface area (Å²) < 4.78 is 6.98. The molecular weight excluding hydrogens is 232 g/mol. The summed E-state index contributed by atoms with van der Waals surface area (Å²) in [6.07, 6.45) is 2.25. The highest BCUT2D eigenvalue weighted by molar-refractivity contribution is 5.88. The van der Waals surface area contributed by atoms with E-state index in [0.29, 0.717) is 12.3 Å². The second-order valence-electron chi connectivity index (χ2n) is 3.80. The third-order valence-electron chi connectivity index (χ3n) is 2.41. The monoisotopic (exact) mass is 246 g/mol. The fourth-order valence-electron chi connectivity index (χ4n) is 1.66. The fourth-order valence-corrected chi connectivity index (χ4v) is 1.66. The second kappa shape index (κ2) is 5.35. The van der Waals surface area contributed by atoms with E-state index in [9.17, 15) is 9.90 Å². The summed E-state index contributed by atoms with van der Waals surface area (Å²) in [5.74, 6) is -0.176. The zero-order valence-electron chi connectivity index (χ0n) is 10.0. The Labute approximate surface area is 105 Å². The quantitative estimate of drug-likeness (QED) is 0.881. The molecular formula is C13H14N2O3. The third kappa shape index (κ3) is 2.51. The van der Waals surface area contributed by atoms with Crippen molar-refractivity contribution in [3.8, 4) is 11.5 Å². The first-order valence-corrected chi connectivity index (χ1v) is 5.74. The van der Waals surface area contributed by atoms with Crippen molar-refractivity contribution in [3.05, 3.63) is 42.2 Å². The maximum Gasteiger partial charge on any atom is 0.358 e. The topological polar surface area (TPSA) is 64.4 Å². The van der Waals surface area contributed by atoms with Crippen LogP contribution in [0.4, 0.5) is 0 Å². The fraction of sp³-hybridized carbons (Fsp3) is 0.231. The van der Waals surface area contributed by atoms with Crippen molar-refractivity contribution in [2.24, 2.45) is 0 Å². The average molecular weight is 246 g/mol. The number of aromatic nitrogens is 2. The zero-order valence-corrected chi connectivity index (χ0v) is 10.0. The molecule has 0 unspecified atom stereocenters. The van der Waals surface area contributed by atoms with Crippen LogP contribution in [0.1, 0.15) is 23.8 Å². The van der Waals surface area contributed by atoms with Gasteiger partial charge < -0.3 is 9.84 Å². The van der Waals surface area contributed by atoms with E-state index in [4.69, 9.17) is 4.74 Å². The Bertz CT molecular complexity index is 534. The summed E-state index contributed by atoms with van der Waals surface area (Å²) in [6.45, 7) is 2.52. The molecule has 0 aliphatic heterocycles. The van der Waals surface area contributed by atoms with Crippen LogP contribution < -0.4 is 4.74 Å². The summed E-state index contributed by atoms with van der Waals surface area (Å²) in [5.41, 5.74) is 0.0840. The van der Waals surface area contributed by atoms with Gasteiger partial charge in [-0.15, -0.1) is 0 Å². The molecule has 0 spiro atoms. The first kappa shape index (κ1) is 12.2. The number of carboxylic acid groups (broad SMARTS) is 1. The molecule has 0 fully saturated rings. The average Bonchev–Trinajstić information content (AvgIpc) is 2.74. The smallest absolute Gasteiger partial charge is 0.358 e. The van der Waals surface area contributed by atoms with E-state index in [1.807, 2.05) is 25.1 Å². The van der Waals surface area contributed by atoms with E-state index in [0.717, 1.165) is 6.42 Å². The predicted octanol–water partition coefficient (Wildman–Crippen LogP) is 2.78. The van der Waals surface area contributed by atoms with Crippen LogP contribution in [0.2, 0.25) is 0 Å². The van der Waals surface area contributed by atoms with Crippen LogP contribution in [-0.4, -0.2) is 20.9 Å². The Morgan fingerprint density at radius 3 is 2.72 bits per heavy atom. The minimum Gasteiger partial charge on any atom is -0.476 e. The first-order valence-electron chi connectivity index (χ1n) is 5.74. The van der Waals surface area contributed by atoms with E-state index in [1.165, 1.54) is 10.9 Å². The molecule has 5 heteroatoms. The Morgan fingerprint density at radius 1 is 1.39 bits per heavy atom. The molecule has 0 bridgehead atoms. The molecule has 0 aliphatic rings. The highest BCUT2D eigenvalue weighted by Crippen LogP contribution is 2.25. The molecule has 5 nitrogen and oxygen atoms in total. The summed E-state index contributed by atoms with van der Waals surface area (Å²) in [4.78, 5) is 11.2. The molecule has 0 aliphatic carbocycles. The van der Waals surface area contributed by atoms with Crippen LogP contribution in [0, 0.1) is 0 Å². The molecule has 1 aromatic carbocycles. The van der Waals surface area contributed by atoms with Gasteiger partial charge in [0.2, 0.25) is 0 Å². The minimum atomic E-state index is -1.04. The van der Waals surface area contributed by atoms with Crippen LogP contribution in [0.5, 0.6) is 11.5 Å². The van der Waals surface area contributed by atoms with Crippen LogP contribution in [0.3, 0.4) is 0 Å². The van der Waals surface area contributed by atoms with Crippen molar-refractivity contribution in [1.29, 1.82) is 0 Å². The predicted molar refractivity (Wildman–Crippen MR) is 66.0 cm³/mol. The van der Waals surface area contributed by atoms with Crippen LogP contribution >= 0.6 is 0 Å². The minimum absolute atomic E-state index is 0.0840. The molecule has 0 atom stereocenters. The molecule has 0 saturated heterocycles. The normalized spacial score (nSPS) is 10.3. The summed E-state index contributed by atoms with van der Waals surface area (Å²) >= 11 is 0. The maximum absolute atomic E-state index is 11.2. The highest BCUT2D eigenvalue weighted by Gasteiger charge is 2.19. The van der Waals surface area contributed by atoms with Gasteiger partial charge in [-0.05, 0) is 18.6 Å². The molecule has 18 heavy (non-hydrogen) atoms. The maximum atomic E-state index is 11.2. The summed E-state index contributed by atoms with van der Waals surface area (Å²) in [6, 6.07) is 9.05. The van der Waals surface area contributed by atoms with E-state index in [2.05, 4.69) is 5.10 Å². The molecule has 1 N–H and O–H groups in total. The second-order valence-corrected chi connectivity index (χ2v) is 3.80. The number of carboxylic acids is 1. The van der Waals surface area contributed by atoms with Gasteiger partial charge in [-0.1, -0.05) is 25.1 Å². The van der Waals surface area contributed by atoms with Gasteiger partial charge in [-0.3, -0.25) is 4.68 Å². The molecule has 2 aromatic rings. The highest BCUT2D eigenvalue weighted by atomic mass is 16.5. The van der Waals surface area contributed by atoms with E-state index >= 15 is 0 Å². The van der Waals surface area contributed by atoms with Crippen molar-refractivity contribution in [2.45, 2.75) is 19.9 Å². The number of ether oxygens (including phenoxy) is 1. The molecule has 2 rings (SSSR count). The number of hydrogen-bond acceptors (Lipinski definition) is 3. The van der Waals surface area contributed by atoms with E-state index in [1.54, 1.807) is 12.1 Å². The number of aryl methyl sites for hydroxylation is 1. The van der Waals surface area contributed by atoms with Gasteiger partial charge in [0.1, 0.15) is 5.75 Å². The van der Waals surface area contributed by atoms with Gasteiger partial charge >= 0.3 is 5.97 Å². The van der Waals surface area contributed by atoms with Crippen LogP contribution in [-0.2, 0) is 6.54 Å². The molecule has 1 heterocycles. The Morgan fingerprint density at radius 2 is 2.11 bits per heavy atom. The Balaban J connectivity index is 2.30. The number of rotatable bonds is 5. The van der Waals surface area contributed by atoms with Crippen LogP contribution in [0.25, 0.3) is 0 Å². The first-order chi connectivity index (χ1) is 8.72. The number of hydrogen-bond donors (Lipinski definition) is 1. The van der Waals surface area contributed by atoms with Crippen LogP contribution in [0.15, 0.2) is 36.5 Å². The lowest BCUT2D eigenvalue weighted by Gasteiger charge is -2.06. The van der Waals surface area contributed by atoms with Crippen molar-refractivity contribution >= 4 is 5.97 Å². The Hall–Kier alpha value is -2.30. The van der Waals surface area contributed by atoms with Gasteiger partial charge in [0, 0.05) is 6.54 Å².